The van der Waals surface area contributed by atoms with Gasteiger partial charge in [0.1, 0.15) is 18.5 Å². The number of rotatable bonds is 9. The van der Waals surface area contributed by atoms with Crippen LogP contribution in [0.2, 0.25) is 0 Å². The zero-order chi connectivity index (χ0) is 19.6. The minimum Gasteiger partial charge on any atom is -0.491 e. The van der Waals surface area contributed by atoms with E-state index >= 15 is 0 Å². The van der Waals surface area contributed by atoms with Gasteiger partial charge in [-0.2, -0.15) is 0 Å². The van der Waals surface area contributed by atoms with Crippen LogP contribution in [0.1, 0.15) is 42.4 Å². The average molecular weight is 383 g/mol. The van der Waals surface area contributed by atoms with E-state index in [1.807, 2.05) is 12.1 Å². The van der Waals surface area contributed by atoms with Crippen LogP contribution in [0.15, 0.2) is 48.5 Å². The van der Waals surface area contributed by atoms with Gasteiger partial charge in [0.15, 0.2) is 0 Å². The van der Waals surface area contributed by atoms with Gasteiger partial charge in [-0.1, -0.05) is 54.8 Å². The lowest BCUT2D eigenvalue weighted by atomic mass is 10.1. The van der Waals surface area contributed by atoms with Gasteiger partial charge in [-0.15, -0.1) is 0 Å². The van der Waals surface area contributed by atoms with E-state index < -0.39 is 6.10 Å². The van der Waals surface area contributed by atoms with Gasteiger partial charge in [-0.3, -0.25) is 0 Å². The number of benzene rings is 2. The van der Waals surface area contributed by atoms with Crippen LogP contribution >= 0.6 is 0 Å². The van der Waals surface area contributed by atoms with Crippen molar-refractivity contribution < 1.29 is 9.84 Å². The second-order valence-corrected chi connectivity index (χ2v) is 7.92. The summed E-state index contributed by atoms with van der Waals surface area (Å²) < 4.78 is 5.86. The molecule has 1 saturated heterocycles. The number of aliphatic hydroxyl groups is 1. The second kappa shape index (κ2) is 11.2. The summed E-state index contributed by atoms with van der Waals surface area (Å²) in [5.74, 6) is 0.824. The number of nitrogens with one attached hydrogen (secondary N) is 1. The van der Waals surface area contributed by atoms with Crippen LogP contribution in [0.4, 0.5) is 0 Å². The third-order valence-electron chi connectivity index (χ3n) is 5.25. The molecule has 1 atom stereocenters. The van der Waals surface area contributed by atoms with Crippen molar-refractivity contribution in [2.75, 3.05) is 26.2 Å². The molecule has 4 nitrogen and oxygen atoms in total. The number of likely N-dealkylation sites (tertiary alicyclic amines) is 1. The highest BCUT2D eigenvalue weighted by molar-refractivity contribution is 5.28. The minimum atomic E-state index is -0.443. The molecule has 2 aromatic rings. The normalized spacial score (nSPS) is 16.5. The first-order chi connectivity index (χ1) is 13.7. The van der Waals surface area contributed by atoms with E-state index in [9.17, 15) is 5.11 Å². The molecule has 0 bridgehead atoms. The van der Waals surface area contributed by atoms with Gasteiger partial charge in [-0.05, 0) is 56.1 Å². The molecule has 4 heteroatoms. The Bertz CT molecular complexity index is 711. The molecule has 1 unspecified atom stereocenters. The van der Waals surface area contributed by atoms with E-state index in [0.29, 0.717) is 13.2 Å². The summed E-state index contributed by atoms with van der Waals surface area (Å²) >= 11 is 0. The maximum atomic E-state index is 10.3. The van der Waals surface area contributed by atoms with E-state index in [0.717, 1.165) is 31.9 Å². The third-order valence-corrected chi connectivity index (χ3v) is 5.25. The summed E-state index contributed by atoms with van der Waals surface area (Å²) in [7, 11) is 0. The van der Waals surface area contributed by atoms with Crippen LogP contribution in [-0.4, -0.2) is 42.4 Å². The van der Waals surface area contributed by atoms with Crippen molar-refractivity contribution in [1.29, 1.82) is 0 Å². The molecule has 0 spiro atoms. The Morgan fingerprint density at radius 3 is 2.36 bits per heavy atom. The average Bonchev–Trinajstić information content (AvgIpc) is 2.95. The molecular formula is C24H34N2O2. The Hall–Kier alpha value is -1.88. The van der Waals surface area contributed by atoms with E-state index in [1.165, 1.54) is 42.4 Å². The van der Waals surface area contributed by atoms with Crippen molar-refractivity contribution in [3.63, 3.8) is 0 Å². The molecule has 1 aliphatic rings. The van der Waals surface area contributed by atoms with Gasteiger partial charge in [0.2, 0.25) is 0 Å². The van der Waals surface area contributed by atoms with Crippen molar-refractivity contribution in [2.24, 2.45) is 0 Å². The molecule has 2 N–H and O–H groups in total. The molecule has 0 aromatic heterocycles. The largest absolute Gasteiger partial charge is 0.491 e. The molecular weight excluding hydrogens is 348 g/mol. The topological polar surface area (TPSA) is 44.7 Å². The second-order valence-electron chi connectivity index (χ2n) is 7.92. The molecule has 2 aromatic carbocycles. The van der Waals surface area contributed by atoms with Gasteiger partial charge in [0.25, 0.3) is 0 Å². The maximum Gasteiger partial charge on any atom is 0.119 e. The first kappa shape index (κ1) is 20.8. The Morgan fingerprint density at radius 2 is 1.64 bits per heavy atom. The predicted molar refractivity (Wildman–Crippen MR) is 115 cm³/mol. The molecule has 3 rings (SSSR count). The van der Waals surface area contributed by atoms with Crippen molar-refractivity contribution in [2.45, 2.75) is 51.8 Å². The lowest BCUT2D eigenvalue weighted by molar-refractivity contribution is 0.0693. The standard InChI is InChI=1S/C24H34N2O2/c1-20-8-6-9-21(14-20)16-25-17-22-10-7-11-24(15-22)28-19-23(27)18-26-12-4-2-3-5-13-26/h6-11,14-15,23,25,27H,2-5,12-13,16-19H2,1H3. The van der Waals surface area contributed by atoms with Gasteiger partial charge in [0.05, 0.1) is 0 Å². The van der Waals surface area contributed by atoms with E-state index in [2.05, 4.69) is 53.5 Å². The van der Waals surface area contributed by atoms with E-state index in [-0.39, 0.29) is 0 Å². The Morgan fingerprint density at radius 1 is 0.964 bits per heavy atom. The highest BCUT2D eigenvalue weighted by Crippen LogP contribution is 2.15. The molecule has 0 saturated carbocycles. The number of hydrogen-bond donors (Lipinski definition) is 2. The molecule has 0 aliphatic carbocycles. The van der Waals surface area contributed by atoms with Gasteiger partial charge >= 0.3 is 0 Å². The van der Waals surface area contributed by atoms with Crippen molar-refractivity contribution >= 4 is 0 Å². The van der Waals surface area contributed by atoms with Crippen LogP contribution in [0, 0.1) is 6.92 Å². The highest BCUT2D eigenvalue weighted by Gasteiger charge is 2.14. The Labute approximate surface area is 169 Å². The quantitative estimate of drug-likeness (QED) is 0.690. The molecule has 28 heavy (non-hydrogen) atoms. The zero-order valence-corrected chi connectivity index (χ0v) is 17.1. The monoisotopic (exact) mass is 382 g/mol. The van der Waals surface area contributed by atoms with Crippen molar-refractivity contribution in [3.8, 4) is 5.75 Å². The molecule has 0 radical (unpaired) electrons. The zero-order valence-electron chi connectivity index (χ0n) is 17.1. The van der Waals surface area contributed by atoms with E-state index in [4.69, 9.17) is 4.74 Å². The number of β-amino-alcohol motifs (C(OH)–C–C–N with tert-alkyl or cyclic N) is 1. The first-order valence-electron chi connectivity index (χ1n) is 10.6. The number of aryl methyl sites for hydroxylation is 1. The minimum absolute atomic E-state index is 0.344. The maximum absolute atomic E-state index is 10.3. The van der Waals surface area contributed by atoms with Gasteiger partial charge < -0.3 is 20.1 Å². The van der Waals surface area contributed by atoms with Gasteiger partial charge in [-0.25, -0.2) is 0 Å². The van der Waals surface area contributed by atoms with Crippen molar-refractivity contribution in [3.05, 3.63) is 65.2 Å². The van der Waals surface area contributed by atoms with Crippen LogP contribution < -0.4 is 10.1 Å². The fraction of sp³-hybridized carbons (Fsp3) is 0.500. The molecule has 1 fully saturated rings. The highest BCUT2D eigenvalue weighted by atomic mass is 16.5. The predicted octanol–water partition coefficient (Wildman–Crippen LogP) is 3.90. The molecule has 1 heterocycles. The summed E-state index contributed by atoms with van der Waals surface area (Å²) in [6.07, 6.45) is 4.67. The summed E-state index contributed by atoms with van der Waals surface area (Å²) in [4.78, 5) is 2.37. The van der Waals surface area contributed by atoms with E-state index in [1.54, 1.807) is 0 Å². The number of aliphatic hydroxyl groups excluding tert-OH is 1. The molecule has 1 aliphatic heterocycles. The Kier molecular flexibility index (Phi) is 8.34. The van der Waals surface area contributed by atoms with Crippen molar-refractivity contribution in [1.82, 2.24) is 10.2 Å². The fourth-order valence-corrected chi connectivity index (χ4v) is 3.78. The smallest absolute Gasteiger partial charge is 0.119 e. The fourth-order valence-electron chi connectivity index (χ4n) is 3.78. The molecule has 152 valence electrons. The van der Waals surface area contributed by atoms with Crippen LogP contribution in [0.3, 0.4) is 0 Å². The Balaban J connectivity index is 1.41. The SMILES string of the molecule is Cc1cccc(CNCc2cccc(OCC(O)CN3CCCCCC3)c2)c1. The summed E-state index contributed by atoms with van der Waals surface area (Å²) in [6.45, 7) is 7.00. The summed E-state index contributed by atoms with van der Waals surface area (Å²) in [5.41, 5.74) is 3.77. The summed E-state index contributed by atoms with van der Waals surface area (Å²) in [6, 6.07) is 16.7. The lowest BCUT2D eigenvalue weighted by Crippen LogP contribution is -2.36. The number of ether oxygens (including phenoxy) is 1. The number of nitrogens with zero attached hydrogens (tertiary/aromatic N) is 1. The van der Waals surface area contributed by atoms with Gasteiger partial charge in [0, 0.05) is 19.6 Å². The first-order valence-corrected chi connectivity index (χ1v) is 10.6. The third kappa shape index (κ3) is 7.27. The van der Waals surface area contributed by atoms with Crippen LogP contribution in [0.5, 0.6) is 5.75 Å². The van der Waals surface area contributed by atoms with Crippen LogP contribution in [0.25, 0.3) is 0 Å². The van der Waals surface area contributed by atoms with Crippen LogP contribution in [-0.2, 0) is 13.1 Å². The summed E-state index contributed by atoms with van der Waals surface area (Å²) in [5, 5.41) is 13.8. The molecule has 0 amide bonds. The number of hydrogen-bond acceptors (Lipinski definition) is 4. The lowest BCUT2D eigenvalue weighted by Gasteiger charge is -2.23.